The summed E-state index contributed by atoms with van der Waals surface area (Å²) in [5.74, 6) is 0.0199. The number of carbonyl (C=O) groups excluding carboxylic acids is 1. The fourth-order valence-corrected chi connectivity index (χ4v) is 3.06. The van der Waals surface area contributed by atoms with Crippen molar-refractivity contribution in [3.05, 3.63) is 20.8 Å². The molecule has 0 saturated heterocycles. The van der Waals surface area contributed by atoms with E-state index in [0.29, 0.717) is 23.0 Å². The predicted octanol–water partition coefficient (Wildman–Crippen LogP) is 3.55. The van der Waals surface area contributed by atoms with Crippen molar-refractivity contribution in [3.63, 3.8) is 0 Å². The maximum absolute atomic E-state index is 12.6. The van der Waals surface area contributed by atoms with E-state index in [1.54, 1.807) is 0 Å². The molecule has 1 heterocycles. The molecule has 0 aliphatic heterocycles. The fraction of sp³-hybridized carbons (Fsp3) is 0.643. The summed E-state index contributed by atoms with van der Waals surface area (Å²) in [7, 11) is 0. The van der Waals surface area contributed by atoms with Gasteiger partial charge in [0.2, 0.25) is 0 Å². The highest BCUT2D eigenvalue weighted by Gasteiger charge is 2.26. The Labute approximate surface area is 124 Å². The second-order valence-corrected chi connectivity index (χ2v) is 6.91. The Bertz CT molecular complexity index is 443. The average Bonchev–Trinajstić information content (AvgIpc) is 2.68. The van der Waals surface area contributed by atoms with Crippen LogP contribution in [0, 0.1) is 12.3 Å². The van der Waals surface area contributed by atoms with Gasteiger partial charge in [0.25, 0.3) is 5.91 Å². The molecule has 0 fully saturated rings. The van der Waals surface area contributed by atoms with Gasteiger partial charge in [-0.3, -0.25) is 4.79 Å². The smallest absolute Gasteiger partial charge is 0.265 e. The minimum Gasteiger partial charge on any atom is -0.337 e. The van der Waals surface area contributed by atoms with E-state index in [4.69, 9.17) is 17.3 Å². The summed E-state index contributed by atoms with van der Waals surface area (Å²) in [5, 5.41) is 2.51. The summed E-state index contributed by atoms with van der Waals surface area (Å²) in [6, 6.07) is 0. The van der Waals surface area contributed by atoms with Crippen LogP contribution in [0.4, 0.5) is 0 Å². The summed E-state index contributed by atoms with van der Waals surface area (Å²) in [5.41, 5.74) is 6.64. The lowest BCUT2D eigenvalue weighted by Crippen LogP contribution is -2.42. The summed E-state index contributed by atoms with van der Waals surface area (Å²) in [6.45, 7) is 10.1. The molecule has 0 aliphatic rings. The normalized spacial score (nSPS) is 11.7. The predicted molar refractivity (Wildman–Crippen MR) is 83.1 cm³/mol. The number of nitrogens with zero attached hydrogens (tertiary/aromatic N) is 1. The number of halogens is 1. The molecule has 2 N–H and O–H groups in total. The van der Waals surface area contributed by atoms with Crippen LogP contribution < -0.4 is 5.73 Å². The third-order valence-electron chi connectivity index (χ3n) is 3.05. The number of nitrogens with two attached hydrogens (primary N) is 1. The lowest BCUT2D eigenvalue weighted by molar-refractivity contribution is 0.0694. The first-order valence-electron chi connectivity index (χ1n) is 6.55. The molecule has 0 saturated carbocycles. The Hall–Kier alpha value is -0.580. The van der Waals surface area contributed by atoms with Crippen LogP contribution in [0.1, 0.15) is 42.4 Å². The molecule has 0 aliphatic carbocycles. The zero-order chi connectivity index (χ0) is 14.6. The molecule has 5 heteroatoms. The average molecular weight is 303 g/mol. The van der Waals surface area contributed by atoms with Crippen molar-refractivity contribution in [1.29, 1.82) is 0 Å². The molecule has 3 nitrogen and oxygen atoms in total. The van der Waals surface area contributed by atoms with Crippen molar-refractivity contribution >= 4 is 28.8 Å². The van der Waals surface area contributed by atoms with Crippen LogP contribution in [0.3, 0.4) is 0 Å². The topological polar surface area (TPSA) is 46.3 Å². The Morgan fingerprint density at radius 2 is 2.16 bits per heavy atom. The van der Waals surface area contributed by atoms with Crippen LogP contribution >= 0.6 is 22.9 Å². The first kappa shape index (κ1) is 16.5. The van der Waals surface area contributed by atoms with E-state index < -0.39 is 0 Å². The van der Waals surface area contributed by atoms with Gasteiger partial charge in [0.15, 0.2) is 0 Å². The van der Waals surface area contributed by atoms with Crippen molar-refractivity contribution in [2.24, 2.45) is 11.1 Å². The second kappa shape index (κ2) is 6.73. The molecule has 1 aromatic rings. The zero-order valence-corrected chi connectivity index (χ0v) is 13.7. The molecule has 0 atom stereocenters. The summed E-state index contributed by atoms with van der Waals surface area (Å²) in [4.78, 5) is 15.1. The van der Waals surface area contributed by atoms with E-state index in [2.05, 4.69) is 20.8 Å². The van der Waals surface area contributed by atoms with Crippen LogP contribution in [0.15, 0.2) is 5.38 Å². The molecule has 1 rings (SSSR count). The quantitative estimate of drug-likeness (QED) is 0.873. The maximum atomic E-state index is 12.6. The highest BCUT2D eigenvalue weighted by Crippen LogP contribution is 2.29. The van der Waals surface area contributed by atoms with Crippen molar-refractivity contribution in [3.8, 4) is 0 Å². The number of aryl methyl sites for hydroxylation is 1. The molecule has 0 radical (unpaired) electrons. The number of rotatable bonds is 6. The highest BCUT2D eigenvalue weighted by atomic mass is 35.5. The van der Waals surface area contributed by atoms with Gasteiger partial charge in [-0.15, -0.1) is 11.3 Å². The van der Waals surface area contributed by atoms with Gasteiger partial charge in [-0.05, 0) is 36.2 Å². The lowest BCUT2D eigenvalue weighted by Gasteiger charge is -2.31. The van der Waals surface area contributed by atoms with Gasteiger partial charge >= 0.3 is 0 Å². The van der Waals surface area contributed by atoms with Gasteiger partial charge in [-0.25, -0.2) is 0 Å². The Balaban J connectivity index is 2.93. The first-order valence-corrected chi connectivity index (χ1v) is 7.81. The molecule has 0 spiro atoms. The van der Waals surface area contributed by atoms with Crippen molar-refractivity contribution < 1.29 is 4.79 Å². The van der Waals surface area contributed by atoms with Crippen LogP contribution in [-0.2, 0) is 0 Å². The molecule has 0 unspecified atom stereocenters. The van der Waals surface area contributed by atoms with E-state index in [1.165, 1.54) is 11.3 Å². The van der Waals surface area contributed by atoms with Crippen molar-refractivity contribution in [2.75, 3.05) is 19.6 Å². The molecule has 1 amide bonds. The first-order chi connectivity index (χ1) is 8.82. The van der Waals surface area contributed by atoms with Crippen molar-refractivity contribution in [2.45, 2.75) is 34.1 Å². The van der Waals surface area contributed by atoms with Crippen LogP contribution in [0.5, 0.6) is 0 Å². The van der Waals surface area contributed by atoms with Gasteiger partial charge in [0.05, 0.1) is 5.02 Å². The number of carbonyl (C=O) groups is 1. The van der Waals surface area contributed by atoms with E-state index in [0.717, 1.165) is 18.5 Å². The molecule has 1 aromatic heterocycles. The van der Waals surface area contributed by atoms with E-state index in [1.807, 2.05) is 17.2 Å². The number of amides is 1. The van der Waals surface area contributed by atoms with Crippen LogP contribution in [0.2, 0.25) is 5.02 Å². The maximum Gasteiger partial charge on any atom is 0.265 e. The molecular formula is C14H23ClN2OS. The fourth-order valence-electron chi connectivity index (χ4n) is 1.82. The van der Waals surface area contributed by atoms with Gasteiger partial charge < -0.3 is 10.6 Å². The molecule has 108 valence electrons. The third-order valence-corrected chi connectivity index (χ3v) is 4.73. The summed E-state index contributed by atoms with van der Waals surface area (Å²) >= 11 is 7.61. The van der Waals surface area contributed by atoms with Gasteiger partial charge in [-0.1, -0.05) is 32.4 Å². The number of thiophene rings is 1. The van der Waals surface area contributed by atoms with Gasteiger partial charge in [0.1, 0.15) is 4.88 Å². The minimum atomic E-state index is -0.0798. The number of hydrogen-bond acceptors (Lipinski definition) is 3. The SMILES string of the molecule is CCCN(CC(C)(C)CN)C(=O)c1scc(C)c1Cl. The zero-order valence-electron chi connectivity index (χ0n) is 12.1. The molecular weight excluding hydrogens is 280 g/mol. The van der Waals surface area contributed by atoms with Crippen LogP contribution in [-0.4, -0.2) is 30.4 Å². The van der Waals surface area contributed by atoms with E-state index in [9.17, 15) is 4.79 Å². The van der Waals surface area contributed by atoms with E-state index >= 15 is 0 Å². The summed E-state index contributed by atoms with van der Waals surface area (Å²) in [6.07, 6.45) is 0.925. The van der Waals surface area contributed by atoms with Crippen molar-refractivity contribution in [1.82, 2.24) is 4.90 Å². The van der Waals surface area contributed by atoms with Gasteiger partial charge in [0, 0.05) is 13.1 Å². The lowest BCUT2D eigenvalue weighted by atomic mass is 9.93. The second-order valence-electron chi connectivity index (χ2n) is 5.66. The van der Waals surface area contributed by atoms with Crippen LogP contribution in [0.25, 0.3) is 0 Å². The Morgan fingerprint density at radius 3 is 2.58 bits per heavy atom. The monoisotopic (exact) mass is 302 g/mol. The summed E-state index contributed by atoms with van der Waals surface area (Å²) < 4.78 is 0. The largest absolute Gasteiger partial charge is 0.337 e. The standard InChI is InChI=1S/C14H23ClN2OS/c1-5-6-17(9-14(3,4)8-16)13(18)12-11(15)10(2)7-19-12/h7H,5-6,8-9,16H2,1-4H3. The van der Waals surface area contributed by atoms with Gasteiger partial charge in [-0.2, -0.15) is 0 Å². The Kier molecular flexibility index (Phi) is 5.83. The number of hydrogen-bond donors (Lipinski definition) is 1. The minimum absolute atomic E-state index is 0.0199. The molecule has 19 heavy (non-hydrogen) atoms. The Morgan fingerprint density at radius 1 is 1.53 bits per heavy atom. The molecule has 0 aromatic carbocycles. The molecule has 0 bridgehead atoms. The third kappa shape index (κ3) is 4.20. The van der Waals surface area contributed by atoms with E-state index in [-0.39, 0.29) is 11.3 Å². The highest BCUT2D eigenvalue weighted by molar-refractivity contribution is 7.13.